The Kier molecular flexibility index (Phi) is 4.72. The predicted molar refractivity (Wildman–Crippen MR) is 118 cm³/mol. The lowest BCUT2D eigenvalue weighted by molar-refractivity contribution is 0.0966. The van der Waals surface area contributed by atoms with Gasteiger partial charge < -0.3 is 20.3 Å². The van der Waals surface area contributed by atoms with Gasteiger partial charge in [-0.25, -0.2) is 18.7 Å². The van der Waals surface area contributed by atoms with Gasteiger partial charge in [0.25, 0.3) is 5.91 Å². The minimum atomic E-state index is -0.714. The summed E-state index contributed by atoms with van der Waals surface area (Å²) >= 11 is 0. The van der Waals surface area contributed by atoms with E-state index in [0.29, 0.717) is 34.6 Å². The second-order valence-electron chi connectivity index (χ2n) is 8.65. The SMILES string of the molecule is O=C1NCc2nc(-c3c(F)cccc3F)cc(Nc3ccc(N4C[C@H]5COC[C@H]5C4)cn3)c21. The molecule has 33 heavy (non-hydrogen) atoms. The van der Waals surface area contributed by atoms with Crippen molar-refractivity contribution < 1.29 is 18.3 Å². The van der Waals surface area contributed by atoms with E-state index in [-0.39, 0.29) is 23.7 Å². The van der Waals surface area contributed by atoms with Crippen LogP contribution in [0.25, 0.3) is 11.3 Å². The van der Waals surface area contributed by atoms with Gasteiger partial charge in [-0.05, 0) is 30.3 Å². The summed E-state index contributed by atoms with van der Waals surface area (Å²) in [5.74, 6) is -0.0590. The number of amides is 1. The maximum Gasteiger partial charge on any atom is 0.255 e. The summed E-state index contributed by atoms with van der Waals surface area (Å²) in [4.78, 5) is 23.6. The molecule has 2 aromatic heterocycles. The lowest BCUT2D eigenvalue weighted by Gasteiger charge is -2.19. The van der Waals surface area contributed by atoms with Crippen molar-refractivity contribution in [1.82, 2.24) is 15.3 Å². The van der Waals surface area contributed by atoms with Gasteiger partial charge in [-0.3, -0.25) is 4.79 Å². The fourth-order valence-corrected chi connectivity index (χ4v) is 4.88. The maximum atomic E-state index is 14.4. The summed E-state index contributed by atoms with van der Waals surface area (Å²) in [6.45, 7) is 3.73. The molecule has 0 bridgehead atoms. The molecule has 0 saturated carbocycles. The van der Waals surface area contributed by atoms with Crippen LogP contribution in [-0.4, -0.2) is 42.2 Å². The third-order valence-corrected chi connectivity index (χ3v) is 6.57. The maximum absolute atomic E-state index is 14.4. The average molecular weight is 449 g/mol. The molecule has 5 heterocycles. The van der Waals surface area contributed by atoms with E-state index in [1.54, 1.807) is 6.20 Å². The molecular formula is C24H21F2N5O2. The molecule has 0 aliphatic carbocycles. The van der Waals surface area contributed by atoms with Crippen molar-refractivity contribution in [3.05, 3.63) is 65.5 Å². The van der Waals surface area contributed by atoms with Crippen molar-refractivity contribution in [3.63, 3.8) is 0 Å². The van der Waals surface area contributed by atoms with Crippen molar-refractivity contribution in [2.24, 2.45) is 11.8 Å². The first kappa shape index (κ1) is 20.0. The van der Waals surface area contributed by atoms with Gasteiger partial charge in [0.1, 0.15) is 17.5 Å². The molecule has 3 aliphatic heterocycles. The third-order valence-electron chi connectivity index (χ3n) is 6.57. The fourth-order valence-electron chi connectivity index (χ4n) is 4.88. The van der Waals surface area contributed by atoms with Crippen molar-refractivity contribution in [1.29, 1.82) is 0 Å². The Morgan fingerprint density at radius 2 is 1.82 bits per heavy atom. The minimum absolute atomic E-state index is 0.116. The smallest absolute Gasteiger partial charge is 0.255 e. The molecule has 1 amide bonds. The molecule has 0 unspecified atom stereocenters. The van der Waals surface area contributed by atoms with Gasteiger partial charge in [0.05, 0.1) is 59.8 Å². The Bertz CT molecular complexity index is 1220. The van der Waals surface area contributed by atoms with Gasteiger partial charge in [0.15, 0.2) is 0 Å². The molecule has 2 saturated heterocycles. The number of fused-ring (bicyclic) bond motifs is 2. The van der Waals surface area contributed by atoms with Crippen LogP contribution in [0.5, 0.6) is 0 Å². The molecule has 0 radical (unpaired) electrons. The van der Waals surface area contributed by atoms with Crippen molar-refractivity contribution in [2.45, 2.75) is 6.54 Å². The number of benzene rings is 1. The zero-order chi connectivity index (χ0) is 22.5. The molecule has 6 rings (SSSR count). The van der Waals surface area contributed by atoms with E-state index in [9.17, 15) is 13.6 Å². The summed E-state index contributed by atoms with van der Waals surface area (Å²) in [5, 5.41) is 5.86. The Morgan fingerprint density at radius 3 is 2.52 bits per heavy atom. The number of hydrogen-bond acceptors (Lipinski definition) is 6. The number of nitrogens with one attached hydrogen (secondary N) is 2. The minimum Gasteiger partial charge on any atom is -0.381 e. The monoisotopic (exact) mass is 449 g/mol. The van der Waals surface area contributed by atoms with Gasteiger partial charge in [-0.15, -0.1) is 0 Å². The van der Waals surface area contributed by atoms with Crippen molar-refractivity contribution in [2.75, 3.05) is 36.5 Å². The average Bonchev–Trinajstić information content (AvgIpc) is 3.50. The first-order chi connectivity index (χ1) is 16.1. The topological polar surface area (TPSA) is 79.4 Å². The van der Waals surface area contributed by atoms with E-state index in [0.717, 1.165) is 32.0 Å². The van der Waals surface area contributed by atoms with Crippen molar-refractivity contribution >= 4 is 23.1 Å². The van der Waals surface area contributed by atoms with Crippen LogP contribution in [0.4, 0.5) is 26.0 Å². The van der Waals surface area contributed by atoms with Crippen LogP contribution in [0.1, 0.15) is 16.1 Å². The summed E-state index contributed by atoms with van der Waals surface area (Å²) < 4.78 is 34.3. The molecule has 3 aromatic rings. The van der Waals surface area contributed by atoms with E-state index in [4.69, 9.17) is 4.74 Å². The fraction of sp³-hybridized carbons (Fsp3) is 0.292. The van der Waals surface area contributed by atoms with Gasteiger partial charge in [0.2, 0.25) is 0 Å². The second kappa shape index (κ2) is 7.77. The number of rotatable bonds is 4. The number of hydrogen-bond donors (Lipinski definition) is 2. The van der Waals surface area contributed by atoms with Gasteiger partial charge in [-0.2, -0.15) is 0 Å². The van der Waals surface area contributed by atoms with Crippen LogP contribution in [0.2, 0.25) is 0 Å². The van der Waals surface area contributed by atoms with Crippen LogP contribution in [0, 0.1) is 23.5 Å². The Balaban J connectivity index is 1.31. The number of carbonyl (C=O) groups is 1. The zero-order valence-electron chi connectivity index (χ0n) is 17.6. The zero-order valence-corrected chi connectivity index (χ0v) is 17.6. The number of ether oxygens (including phenoxy) is 1. The van der Waals surface area contributed by atoms with Crippen LogP contribution >= 0.6 is 0 Å². The van der Waals surface area contributed by atoms with Crippen LogP contribution in [-0.2, 0) is 11.3 Å². The highest BCUT2D eigenvalue weighted by Crippen LogP contribution is 2.35. The standard InChI is InChI=1S/C24H21F2N5O2/c25-16-2-1-3-17(26)22(16)18-6-19(23-20(29-18)8-28-24(23)32)30-21-5-4-15(7-27-21)31-9-13-11-33-12-14(13)10-31/h1-7,13-14H,8-12H2,(H,28,32)(H,27,29,30)/t13-,14+. The van der Waals surface area contributed by atoms with Crippen molar-refractivity contribution in [3.8, 4) is 11.3 Å². The largest absolute Gasteiger partial charge is 0.381 e. The molecule has 168 valence electrons. The molecule has 7 nitrogen and oxygen atoms in total. The normalized spacial score (nSPS) is 21.2. The Labute approximate surface area is 188 Å². The quantitative estimate of drug-likeness (QED) is 0.635. The summed E-state index contributed by atoms with van der Waals surface area (Å²) in [6.07, 6.45) is 1.79. The van der Waals surface area contributed by atoms with Gasteiger partial charge >= 0.3 is 0 Å². The third kappa shape index (κ3) is 3.48. The molecule has 9 heteroatoms. The van der Waals surface area contributed by atoms with Crippen LogP contribution in [0.3, 0.4) is 0 Å². The molecular weight excluding hydrogens is 428 g/mol. The first-order valence-electron chi connectivity index (χ1n) is 10.9. The summed E-state index contributed by atoms with van der Waals surface area (Å²) in [6, 6.07) is 8.98. The molecule has 2 atom stereocenters. The highest BCUT2D eigenvalue weighted by Gasteiger charge is 2.37. The highest BCUT2D eigenvalue weighted by molar-refractivity contribution is 6.04. The predicted octanol–water partition coefficient (Wildman–Crippen LogP) is 3.49. The molecule has 1 aromatic carbocycles. The number of nitrogens with zero attached hydrogens (tertiary/aromatic N) is 3. The van der Waals surface area contributed by atoms with Gasteiger partial charge in [-0.1, -0.05) is 6.07 Å². The van der Waals surface area contributed by atoms with E-state index < -0.39 is 11.6 Å². The van der Waals surface area contributed by atoms with Crippen LogP contribution < -0.4 is 15.5 Å². The lowest BCUT2D eigenvalue weighted by Crippen LogP contribution is -2.22. The molecule has 2 N–H and O–H groups in total. The summed E-state index contributed by atoms with van der Waals surface area (Å²) in [5.41, 5.74) is 2.11. The van der Waals surface area contributed by atoms with E-state index in [1.165, 1.54) is 24.3 Å². The van der Waals surface area contributed by atoms with Crippen LogP contribution in [0.15, 0.2) is 42.6 Å². The van der Waals surface area contributed by atoms with E-state index in [1.807, 2.05) is 12.1 Å². The first-order valence-corrected chi connectivity index (χ1v) is 10.9. The Hall–Kier alpha value is -3.59. The number of anilines is 3. The highest BCUT2D eigenvalue weighted by atomic mass is 19.1. The number of halogens is 2. The molecule has 0 spiro atoms. The van der Waals surface area contributed by atoms with E-state index in [2.05, 4.69) is 25.5 Å². The lowest BCUT2D eigenvalue weighted by atomic mass is 10.0. The summed E-state index contributed by atoms with van der Waals surface area (Å²) in [7, 11) is 0. The molecule has 2 fully saturated rings. The Morgan fingerprint density at radius 1 is 1.06 bits per heavy atom. The number of pyridine rings is 2. The number of aromatic nitrogens is 2. The number of carbonyl (C=O) groups excluding carboxylic acids is 1. The second-order valence-corrected chi connectivity index (χ2v) is 8.65. The van der Waals surface area contributed by atoms with Gasteiger partial charge in [0, 0.05) is 24.9 Å². The van der Waals surface area contributed by atoms with E-state index >= 15 is 0 Å². The molecule has 3 aliphatic rings.